The molecule has 2 aliphatic rings. The van der Waals surface area contributed by atoms with Crippen LogP contribution in [0.2, 0.25) is 0 Å². The maximum absolute atomic E-state index is 14.5. The van der Waals surface area contributed by atoms with Crippen LogP contribution in [-0.2, 0) is 13.0 Å². The first-order valence-corrected chi connectivity index (χ1v) is 15.9. The summed E-state index contributed by atoms with van der Waals surface area (Å²) in [5.74, 6) is -0.0496. The number of hydrogen-bond donors (Lipinski definition) is 1. The largest absolute Gasteiger partial charge is 0.300 e. The molecule has 3 aromatic carbocycles. The Hall–Kier alpha value is -4.18. The van der Waals surface area contributed by atoms with Gasteiger partial charge in [-0.2, -0.15) is 0 Å². The molecule has 5 heteroatoms. The number of hydrogen-bond acceptors (Lipinski definition) is 3. The van der Waals surface area contributed by atoms with Crippen LogP contribution in [0.25, 0.3) is 0 Å². The van der Waals surface area contributed by atoms with Gasteiger partial charge in [0.25, 0.3) is 0 Å². The van der Waals surface area contributed by atoms with Gasteiger partial charge in [-0.1, -0.05) is 73.0 Å². The van der Waals surface area contributed by atoms with Gasteiger partial charge in [-0.15, -0.1) is 0 Å². The fraction of sp³-hybridized carbons (Fsp3) is 0.325. The zero-order chi connectivity index (χ0) is 31.9. The van der Waals surface area contributed by atoms with Crippen LogP contribution in [0.5, 0.6) is 0 Å². The molecule has 3 aromatic rings. The van der Waals surface area contributed by atoms with E-state index in [0.29, 0.717) is 24.3 Å². The van der Waals surface area contributed by atoms with Gasteiger partial charge in [0.1, 0.15) is 11.6 Å². The molecule has 45 heavy (non-hydrogen) atoms. The summed E-state index contributed by atoms with van der Waals surface area (Å²) in [5.41, 5.74) is 11.4. The normalized spacial score (nSPS) is 17.4. The summed E-state index contributed by atoms with van der Waals surface area (Å²) in [6.45, 7) is 15.3. The molecule has 0 spiro atoms. The zero-order valence-corrected chi connectivity index (χ0v) is 26.5. The molecule has 0 aromatic heterocycles. The van der Waals surface area contributed by atoms with Crippen LogP contribution in [0, 0.1) is 30.0 Å². The monoisotopic (exact) mass is 603 g/mol. The van der Waals surface area contributed by atoms with E-state index >= 15 is 0 Å². The van der Waals surface area contributed by atoms with Crippen molar-refractivity contribution < 1.29 is 8.78 Å². The van der Waals surface area contributed by atoms with Crippen molar-refractivity contribution in [1.29, 1.82) is 5.41 Å². The van der Waals surface area contributed by atoms with E-state index in [-0.39, 0.29) is 23.3 Å². The summed E-state index contributed by atoms with van der Waals surface area (Å²) >= 11 is 0. The predicted molar refractivity (Wildman–Crippen MR) is 183 cm³/mol. The number of likely N-dealkylation sites (tertiary alicyclic amines) is 1. The quantitative estimate of drug-likeness (QED) is 0.125. The number of nitrogens with one attached hydrogen (secondary N) is 1. The lowest BCUT2D eigenvalue weighted by Gasteiger charge is -2.33. The van der Waals surface area contributed by atoms with Crippen LogP contribution in [0.4, 0.5) is 14.5 Å². The van der Waals surface area contributed by atoms with Crippen molar-refractivity contribution in [3.63, 3.8) is 0 Å². The standard InChI is InChI=1S/C40H43F2N3/c1-27(2)23-33-24-31(16-18-35(33)39(43)36-10-6-7-11-37(36)42)26-45-21-19-32(20-22-45)40(44-38-12-8-5-9-28(38)3)29(4)13-14-30-15-17-34(41)25-30/h5-12,15-16,18,24,30,32,43H,1,4,13-14,19-23,25-26H2,2-3H3. The predicted octanol–water partition coefficient (Wildman–Crippen LogP) is 10.0. The highest BCUT2D eigenvalue weighted by molar-refractivity contribution is 6.12. The number of rotatable bonds is 12. The van der Waals surface area contributed by atoms with Gasteiger partial charge in [0.05, 0.1) is 11.4 Å². The Kier molecular flexibility index (Phi) is 10.5. The van der Waals surface area contributed by atoms with Gasteiger partial charge >= 0.3 is 0 Å². The summed E-state index contributed by atoms with van der Waals surface area (Å²) in [4.78, 5) is 7.66. The lowest BCUT2D eigenvalue weighted by atomic mass is 9.85. The van der Waals surface area contributed by atoms with E-state index in [0.717, 1.165) is 84.6 Å². The Morgan fingerprint density at radius 2 is 1.73 bits per heavy atom. The number of halogens is 2. The van der Waals surface area contributed by atoms with E-state index in [2.05, 4.69) is 55.0 Å². The highest BCUT2D eigenvalue weighted by Crippen LogP contribution is 2.31. The van der Waals surface area contributed by atoms with Crippen LogP contribution in [0.1, 0.15) is 66.8 Å². The number of aliphatic imine (C=N–C) groups is 1. The molecule has 1 atom stereocenters. The highest BCUT2D eigenvalue weighted by Gasteiger charge is 2.26. The minimum Gasteiger partial charge on any atom is -0.300 e. The van der Waals surface area contributed by atoms with Crippen LogP contribution < -0.4 is 0 Å². The second-order valence-electron chi connectivity index (χ2n) is 12.6. The minimum atomic E-state index is -0.384. The van der Waals surface area contributed by atoms with Crippen molar-refractivity contribution in [2.45, 2.75) is 58.9 Å². The van der Waals surface area contributed by atoms with E-state index in [4.69, 9.17) is 10.4 Å². The fourth-order valence-electron chi connectivity index (χ4n) is 6.40. The van der Waals surface area contributed by atoms with Crippen LogP contribution in [0.15, 0.2) is 114 Å². The van der Waals surface area contributed by atoms with Gasteiger partial charge < -0.3 is 0 Å². The molecule has 1 aliphatic heterocycles. The molecule has 0 saturated carbocycles. The third-order valence-electron chi connectivity index (χ3n) is 8.91. The van der Waals surface area contributed by atoms with Crippen molar-refractivity contribution >= 4 is 17.1 Å². The Labute approximate surface area is 266 Å². The lowest BCUT2D eigenvalue weighted by Crippen LogP contribution is -2.36. The fourth-order valence-corrected chi connectivity index (χ4v) is 6.40. The molecule has 0 bridgehead atoms. The number of allylic oxidation sites excluding steroid dienone is 3. The molecule has 1 N–H and O–H groups in total. The van der Waals surface area contributed by atoms with Crippen molar-refractivity contribution in [3.8, 4) is 0 Å². The second-order valence-corrected chi connectivity index (χ2v) is 12.6. The molecule has 0 amide bonds. The molecule has 232 valence electrons. The molecule has 0 radical (unpaired) electrons. The third-order valence-corrected chi connectivity index (χ3v) is 8.91. The first-order valence-electron chi connectivity index (χ1n) is 15.9. The maximum Gasteiger partial charge on any atom is 0.142 e. The molecular weight excluding hydrogens is 560 g/mol. The molecule has 1 saturated heterocycles. The van der Waals surface area contributed by atoms with E-state index in [9.17, 15) is 8.78 Å². The van der Waals surface area contributed by atoms with Crippen LogP contribution in [-0.4, -0.2) is 29.4 Å². The summed E-state index contributed by atoms with van der Waals surface area (Å²) in [6.07, 6.45) is 6.55. The third kappa shape index (κ3) is 8.30. The number of aryl methyl sites for hydroxylation is 1. The number of benzene rings is 3. The smallest absolute Gasteiger partial charge is 0.142 e. The van der Waals surface area contributed by atoms with Gasteiger partial charge in [0.15, 0.2) is 0 Å². The van der Waals surface area contributed by atoms with Crippen molar-refractivity contribution in [3.05, 3.63) is 142 Å². The van der Waals surface area contributed by atoms with Crippen molar-refractivity contribution in [2.24, 2.45) is 16.8 Å². The average Bonchev–Trinajstić information content (AvgIpc) is 3.44. The Morgan fingerprint density at radius 3 is 2.42 bits per heavy atom. The number of nitrogens with zero attached hydrogens (tertiary/aromatic N) is 2. The van der Waals surface area contributed by atoms with Gasteiger partial charge in [-0.05, 0) is 111 Å². The number of piperidine rings is 1. The lowest BCUT2D eigenvalue weighted by molar-refractivity contribution is 0.202. The SMILES string of the molecule is C=C(C)Cc1cc(CN2CCC(C(=Nc3ccccc3C)C(=C)CCC3C=C=C(F)C3)CC2)ccc1C(=N)c1ccccc1F. The molecule has 5 rings (SSSR count). The average molecular weight is 604 g/mol. The molecule has 1 heterocycles. The Balaban J connectivity index is 1.28. The van der Waals surface area contributed by atoms with E-state index in [1.807, 2.05) is 31.2 Å². The summed E-state index contributed by atoms with van der Waals surface area (Å²) in [5, 5.41) is 8.78. The first kappa shape index (κ1) is 32.2. The Morgan fingerprint density at radius 1 is 1.00 bits per heavy atom. The Bertz CT molecular complexity index is 1680. The van der Waals surface area contributed by atoms with E-state index in [1.54, 1.807) is 18.2 Å². The van der Waals surface area contributed by atoms with Crippen LogP contribution in [0.3, 0.4) is 0 Å². The molecule has 1 aliphatic carbocycles. The summed E-state index contributed by atoms with van der Waals surface area (Å²) < 4.78 is 28.1. The second kappa shape index (κ2) is 14.7. The van der Waals surface area contributed by atoms with Crippen LogP contribution >= 0.6 is 0 Å². The topological polar surface area (TPSA) is 39.5 Å². The highest BCUT2D eigenvalue weighted by atomic mass is 19.1. The molecule has 1 fully saturated rings. The van der Waals surface area contributed by atoms with Gasteiger partial charge in [-0.25, -0.2) is 8.78 Å². The maximum atomic E-state index is 14.5. The van der Waals surface area contributed by atoms with E-state index < -0.39 is 0 Å². The van der Waals surface area contributed by atoms with Crippen molar-refractivity contribution in [2.75, 3.05) is 13.1 Å². The summed E-state index contributed by atoms with van der Waals surface area (Å²) in [7, 11) is 0. The van der Waals surface area contributed by atoms with Crippen molar-refractivity contribution in [1.82, 2.24) is 4.90 Å². The molecular formula is C40H43F2N3. The molecule has 3 nitrogen and oxygen atoms in total. The zero-order valence-electron chi connectivity index (χ0n) is 26.5. The van der Waals surface area contributed by atoms with Gasteiger partial charge in [-0.3, -0.25) is 15.3 Å². The minimum absolute atomic E-state index is 0.156. The van der Waals surface area contributed by atoms with Gasteiger partial charge in [0, 0.05) is 35.7 Å². The first-order chi connectivity index (χ1) is 21.7. The number of para-hydroxylation sites is 1. The van der Waals surface area contributed by atoms with E-state index in [1.165, 1.54) is 11.6 Å². The van der Waals surface area contributed by atoms with Gasteiger partial charge in [0.2, 0.25) is 0 Å². The summed E-state index contributed by atoms with van der Waals surface area (Å²) in [6, 6.07) is 20.9. The molecule has 1 unspecified atom stereocenters.